The molecule has 2 bridgehead atoms. The number of hydrogen-bond donors (Lipinski definition) is 3. The van der Waals surface area contributed by atoms with Gasteiger partial charge in [-0.3, -0.25) is 24.2 Å². The number of pyridine rings is 2. The molecule has 5 heterocycles. The molecule has 40 heavy (non-hydrogen) atoms. The average Bonchev–Trinajstić information content (AvgIpc) is 2.95. The zero-order chi connectivity index (χ0) is 27.8. The Labute approximate surface area is 231 Å². The van der Waals surface area contributed by atoms with E-state index in [9.17, 15) is 19.2 Å². The molecule has 1 saturated heterocycles. The highest BCUT2D eigenvalue weighted by molar-refractivity contribution is 5.94. The van der Waals surface area contributed by atoms with E-state index in [1.54, 1.807) is 30.6 Å². The second kappa shape index (κ2) is 10.6. The summed E-state index contributed by atoms with van der Waals surface area (Å²) in [5, 5.41) is 8.74. The van der Waals surface area contributed by atoms with Gasteiger partial charge in [0.05, 0.1) is 5.92 Å². The third-order valence-electron chi connectivity index (χ3n) is 8.27. The van der Waals surface area contributed by atoms with Gasteiger partial charge < -0.3 is 25.4 Å². The number of fused-ring (bicyclic) bond motifs is 8. The summed E-state index contributed by atoms with van der Waals surface area (Å²) >= 11 is 0. The summed E-state index contributed by atoms with van der Waals surface area (Å²) in [5.41, 5.74) is 4.30. The van der Waals surface area contributed by atoms with Gasteiger partial charge in [-0.05, 0) is 60.7 Å². The van der Waals surface area contributed by atoms with Crippen molar-refractivity contribution in [1.82, 2.24) is 20.2 Å². The smallest absolute Gasteiger partial charge is 0.251 e. The van der Waals surface area contributed by atoms with Crippen molar-refractivity contribution in [3.05, 3.63) is 88.1 Å². The van der Waals surface area contributed by atoms with Gasteiger partial charge in [-0.2, -0.15) is 0 Å². The number of rotatable bonds is 6. The van der Waals surface area contributed by atoms with Gasteiger partial charge in [0.25, 0.3) is 11.5 Å². The number of carbonyl (C=O) groups excluding carboxylic acids is 3. The van der Waals surface area contributed by atoms with E-state index in [1.807, 2.05) is 34.9 Å². The Morgan fingerprint density at radius 3 is 2.60 bits per heavy atom. The molecule has 10 heteroatoms. The van der Waals surface area contributed by atoms with Crippen LogP contribution in [0.4, 0.5) is 11.4 Å². The first-order chi connectivity index (χ1) is 19.4. The molecular formula is C30H32N6O4. The second-order valence-electron chi connectivity index (χ2n) is 10.9. The first-order valence-electron chi connectivity index (χ1n) is 13.7. The van der Waals surface area contributed by atoms with Crippen molar-refractivity contribution in [3.8, 4) is 0 Å². The number of nitrogens with zero attached hydrogens (tertiary/aromatic N) is 3. The van der Waals surface area contributed by atoms with Crippen LogP contribution in [-0.4, -0.2) is 52.9 Å². The Morgan fingerprint density at radius 2 is 1.80 bits per heavy atom. The molecular weight excluding hydrogens is 508 g/mol. The van der Waals surface area contributed by atoms with E-state index >= 15 is 0 Å². The minimum absolute atomic E-state index is 0.00255. The molecule has 3 N–H and O–H groups in total. The van der Waals surface area contributed by atoms with Crippen LogP contribution in [0.1, 0.15) is 40.9 Å². The first-order valence-corrected chi connectivity index (χ1v) is 13.7. The van der Waals surface area contributed by atoms with Crippen LogP contribution in [-0.2, 0) is 22.6 Å². The van der Waals surface area contributed by atoms with Crippen molar-refractivity contribution in [2.75, 3.05) is 29.9 Å². The Hall–Kier alpha value is -4.47. The second-order valence-corrected chi connectivity index (χ2v) is 10.9. The Bertz CT molecular complexity index is 1520. The van der Waals surface area contributed by atoms with Crippen LogP contribution in [0.2, 0.25) is 0 Å². The highest BCUT2D eigenvalue weighted by Gasteiger charge is 2.49. The van der Waals surface area contributed by atoms with Gasteiger partial charge in [-0.15, -0.1) is 0 Å². The minimum Gasteiger partial charge on any atom is -0.366 e. The van der Waals surface area contributed by atoms with Crippen molar-refractivity contribution in [2.45, 2.75) is 38.3 Å². The van der Waals surface area contributed by atoms with Crippen molar-refractivity contribution >= 4 is 29.1 Å². The standard InChI is InChI=1S/C30H32N6O4/c1-18(37)34-22-5-6-25-21(14-22)15-24(30(40)33-12-11-32-29(39)20-7-9-31-10-8-20)28-23-13-19(17-36(25)28)16-35-26(23)3-2-4-27(35)38/h2-10,14,19,23-24,28H,11-13,15-17H2,1H3,(H,32,39)(H,33,40)(H,34,37)/t19-,23+,24+,28+/m0/s1. The van der Waals surface area contributed by atoms with Crippen LogP contribution < -0.4 is 26.4 Å². The molecule has 3 aliphatic rings. The Balaban J connectivity index is 1.26. The molecule has 0 unspecified atom stereocenters. The van der Waals surface area contributed by atoms with Crippen molar-refractivity contribution in [1.29, 1.82) is 0 Å². The van der Waals surface area contributed by atoms with Crippen LogP contribution in [0.5, 0.6) is 0 Å². The molecule has 6 rings (SSSR count). The number of anilines is 2. The molecule has 206 valence electrons. The molecule has 3 aromatic rings. The summed E-state index contributed by atoms with van der Waals surface area (Å²) < 4.78 is 1.88. The van der Waals surface area contributed by atoms with Gasteiger partial charge >= 0.3 is 0 Å². The zero-order valence-electron chi connectivity index (χ0n) is 22.3. The van der Waals surface area contributed by atoms with E-state index in [2.05, 4.69) is 25.8 Å². The van der Waals surface area contributed by atoms with Crippen molar-refractivity contribution in [2.24, 2.45) is 11.8 Å². The molecule has 3 amide bonds. The van der Waals surface area contributed by atoms with Crippen molar-refractivity contribution in [3.63, 3.8) is 0 Å². The number of amides is 3. The first kappa shape index (κ1) is 25.8. The lowest BCUT2D eigenvalue weighted by atomic mass is 9.69. The lowest BCUT2D eigenvalue weighted by molar-refractivity contribution is -0.126. The Kier molecular flexibility index (Phi) is 6.83. The highest BCUT2D eigenvalue weighted by Crippen LogP contribution is 2.48. The number of aromatic nitrogens is 2. The molecule has 4 atom stereocenters. The lowest BCUT2D eigenvalue weighted by Crippen LogP contribution is -2.60. The van der Waals surface area contributed by atoms with Crippen LogP contribution in [0.25, 0.3) is 0 Å². The Morgan fingerprint density at radius 1 is 1.00 bits per heavy atom. The summed E-state index contributed by atoms with van der Waals surface area (Å²) in [5.74, 6) is -0.496. The van der Waals surface area contributed by atoms with E-state index in [-0.39, 0.29) is 41.2 Å². The van der Waals surface area contributed by atoms with Gasteiger partial charge in [0, 0.05) is 86.2 Å². The minimum atomic E-state index is -0.371. The van der Waals surface area contributed by atoms with Crippen LogP contribution in [0, 0.1) is 11.8 Å². The van der Waals surface area contributed by atoms with Crippen LogP contribution >= 0.6 is 0 Å². The molecule has 10 nitrogen and oxygen atoms in total. The normalized spacial score (nSPS) is 22.3. The molecule has 0 saturated carbocycles. The summed E-state index contributed by atoms with van der Waals surface area (Å²) in [6.45, 7) is 3.48. The number of nitrogens with one attached hydrogen (secondary N) is 3. The van der Waals surface area contributed by atoms with E-state index in [0.717, 1.165) is 29.9 Å². The van der Waals surface area contributed by atoms with Gasteiger partial charge in [-0.25, -0.2) is 0 Å². The third-order valence-corrected chi connectivity index (χ3v) is 8.27. The molecule has 0 aliphatic carbocycles. The average molecular weight is 541 g/mol. The fourth-order valence-corrected chi connectivity index (χ4v) is 6.70. The van der Waals surface area contributed by atoms with E-state index < -0.39 is 0 Å². The molecule has 1 fully saturated rings. The summed E-state index contributed by atoms with van der Waals surface area (Å²) in [6.07, 6.45) is 4.56. The number of piperidine rings is 1. The fraction of sp³-hybridized carbons (Fsp3) is 0.367. The molecule has 0 spiro atoms. The molecule has 3 aliphatic heterocycles. The quantitative estimate of drug-likeness (QED) is 0.410. The molecule has 2 aromatic heterocycles. The topological polar surface area (TPSA) is 125 Å². The van der Waals surface area contributed by atoms with Gasteiger partial charge in [0.15, 0.2) is 0 Å². The van der Waals surface area contributed by atoms with E-state index in [4.69, 9.17) is 0 Å². The van der Waals surface area contributed by atoms with Gasteiger partial charge in [0.2, 0.25) is 11.8 Å². The van der Waals surface area contributed by atoms with E-state index in [1.165, 1.54) is 6.92 Å². The predicted molar refractivity (Wildman–Crippen MR) is 150 cm³/mol. The fourth-order valence-electron chi connectivity index (χ4n) is 6.70. The van der Waals surface area contributed by atoms with Gasteiger partial charge in [-0.1, -0.05) is 6.07 Å². The zero-order valence-corrected chi connectivity index (χ0v) is 22.3. The third kappa shape index (κ3) is 4.85. The number of carbonyl (C=O) groups is 3. The summed E-state index contributed by atoms with van der Waals surface area (Å²) in [7, 11) is 0. The number of benzene rings is 1. The summed E-state index contributed by atoms with van der Waals surface area (Å²) in [4.78, 5) is 56.9. The molecule has 1 aromatic carbocycles. The molecule has 0 radical (unpaired) electrons. The maximum Gasteiger partial charge on any atom is 0.251 e. The highest BCUT2D eigenvalue weighted by atomic mass is 16.2. The lowest BCUT2D eigenvalue weighted by Gasteiger charge is -2.54. The van der Waals surface area contributed by atoms with Crippen LogP contribution in [0.3, 0.4) is 0 Å². The maximum absolute atomic E-state index is 13.8. The van der Waals surface area contributed by atoms with Gasteiger partial charge in [0.1, 0.15) is 0 Å². The van der Waals surface area contributed by atoms with Crippen molar-refractivity contribution < 1.29 is 14.4 Å². The largest absolute Gasteiger partial charge is 0.366 e. The predicted octanol–water partition coefficient (Wildman–Crippen LogP) is 1.91. The summed E-state index contributed by atoms with van der Waals surface area (Å²) in [6, 6.07) is 14.5. The SMILES string of the molecule is CC(=O)Nc1ccc2c(c1)C[C@@H](C(=O)NCCNC(=O)c1ccncc1)[C@H]1[C@@H]3C[C@H](CN21)Cn1c3cccc1=O. The van der Waals surface area contributed by atoms with Crippen LogP contribution in [0.15, 0.2) is 65.7 Å². The number of hydrogen-bond acceptors (Lipinski definition) is 6. The van der Waals surface area contributed by atoms with E-state index in [0.29, 0.717) is 43.2 Å². The monoisotopic (exact) mass is 540 g/mol. The maximum atomic E-state index is 13.8.